The molecule has 0 bridgehead atoms. The number of benzene rings is 2. The third-order valence-electron chi connectivity index (χ3n) is 2.80. The minimum atomic E-state index is 0.624. The van der Waals surface area contributed by atoms with Crippen molar-refractivity contribution in [2.24, 2.45) is 0 Å². The van der Waals surface area contributed by atoms with E-state index >= 15 is 0 Å². The van der Waals surface area contributed by atoms with Crippen molar-refractivity contribution in [2.75, 3.05) is 7.11 Å². The zero-order valence-corrected chi connectivity index (χ0v) is 9.94. The van der Waals surface area contributed by atoms with E-state index in [1.807, 2.05) is 24.3 Å². The van der Waals surface area contributed by atoms with Gasteiger partial charge in [-0.05, 0) is 30.2 Å². The van der Waals surface area contributed by atoms with Crippen molar-refractivity contribution in [3.8, 4) is 16.9 Å². The van der Waals surface area contributed by atoms with Crippen molar-refractivity contribution in [3.05, 3.63) is 53.6 Å². The van der Waals surface area contributed by atoms with E-state index in [0.717, 1.165) is 23.2 Å². The van der Waals surface area contributed by atoms with Crippen LogP contribution < -0.4 is 4.74 Å². The molecule has 17 heavy (non-hydrogen) atoms. The molecule has 0 saturated heterocycles. The number of hydrogen-bond acceptors (Lipinski definition) is 2. The summed E-state index contributed by atoms with van der Waals surface area (Å²) in [5, 5.41) is 0. The zero-order valence-electron chi connectivity index (χ0n) is 9.94. The third kappa shape index (κ3) is 2.21. The number of carbonyl (C=O) groups excluding carboxylic acids is 1. The highest BCUT2D eigenvalue weighted by molar-refractivity contribution is 5.81. The molecule has 0 aliphatic carbocycles. The van der Waals surface area contributed by atoms with Gasteiger partial charge >= 0.3 is 0 Å². The number of aldehydes is 1. The second-order valence-corrected chi connectivity index (χ2v) is 3.89. The summed E-state index contributed by atoms with van der Waals surface area (Å²) < 4.78 is 5.34. The summed E-state index contributed by atoms with van der Waals surface area (Å²) >= 11 is 0. The molecule has 2 aromatic carbocycles. The average molecular weight is 226 g/mol. The van der Waals surface area contributed by atoms with Crippen LogP contribution in [0.25, 0.3) is 11.1 Å². The van der Waals surface area contributed by atoms with Crippen molar-refractivity contribution in [2.45, 2.75) is 6.92 Å². The predicted molar refractivity (Wildman–Crippen MR) is 68.6 cm³/mol. The number of ether oxygens (including phenoxy) is 1. The van der Waals surface area contributed by atoms with Gasteiger partial charge in [0.15, 0.2) is 0 Å². The van der Waals surface area contributed by atoms with Gasteiger partial charge in [-0.15, -0.1) is 0 Å². The molecule has 0 N–H and O–H groups in total. The summed E-state index contributed by atoms with van der Waals surface area (Å²) in [6.45, 7) is 2.06. The monoisotopic (exact) mass is 226 g/mol. The normalized spacial score (nSPS) is 10.0. The van der Waals surface area contributed by atoms with Crippen LogP contribution in [0.4, 0.5) is 0 Å². The van der Waals surface area contributed by atoms with Gasteiger partial charge in [-0.3, -0.25) is 4.79 Å². The Labute approximate surface area is 101 Å². The molecule has 2 heteroatoms. The Bertz CT molecular complexity index is 544. The third-order valence-corrected chi connectivity index (χ3v) is 2.80. The molecule has 2 rings (SSSR count). The Hall–Kier alpha value is -2.09. The van der Waals surface area contributed by atoms with Gasteiger partial charge in [0.05, 0.1) is 7.11 Å². The topological polar surface area (TPSA) is 26.3 Å². The molecule has 0 radical (unpaired) electrons. The molecule has 0 unspecified atom stereocenters. The number of hydrogen-bond donors (Lipinski definition) is 0. The lowest BCUT2D eigenvalue weighted by atomic mass is 9.99. The Morgan fingerprint density at radius 3 is 2.47 bits per heavy atom. The molecule has 0 aliphatic rings. The fourth-order valence-electron chi connectivity index (χ4n) is 1.88. The molecular weight excluding hydrogens is 212 g/mol. The summed E-state index contributed by atoms with van der Waals surface area (Å²) in [6.07, 6.45) is 0.824. The maximum absolute atomic E-state index is 10.7. The largest absolute Gasteiger partial charge is 0.496 e. The van der Waals surface area contributed by atoms with Gasteiger partial charge in [-0.2, -0.15) is 0 Å². The van der Waals surface area contributed by atoms with E-state index in [1.54, 1.807) is 19.2 Å². The van der Waals surface area contributed by atoms with Gasteiger partial charge in [-0.1, -0.05) is 30.3 Å². The number of methoxy groups -OCH3 is 1. The highest BCUT2D eigenvalue weighted by Gasteiger charge is 2.08. The van der Waals surface area contributed by atoms with Crippen LogP contribution in [0.5, 0.6) is 5.75 Å². The molecule has 2 nitrogen and oxygen atoms in total. The lowest BCUT2D eigenvalue weighted by molar-refractivity contribution is 0.112. The van der Waals surface area contributed by atoms with Crippen molar-refractivity contribution in [1.82, 2.24) is 0 Å². The number of rotatable bonds is 3. The Kier molecular flexibility index (Phi) is 3.24. The Morgan fingerprint density at radius 1 is 1.06 bits per heavy atom. The van der Waals surface area contributed by atoms with Gasteiger partial charge in [0.2, 0.25) is 0 Å². The lowest BCUT2D eigenvalue weighted by Gasteiger charge is -2.11. The van der Waals surface area contributed by atoms with Gasteiger partial charge in [0.25, 0.3) is 0 Å². The number of aryl methyl sites for hydroxylation is 1. The minimum Gasteiger partial charge on any atom is -0.496 e. The van der Waals surface area contributed by atoms with E-state index in [2.05, 4.69) is 13.0 Å². The SMILES string of the molecule is COc1cc(C=O)ccc1-c1ccccc1C. The fraction of sp³-hybridized carbons (Fsp3) is 0.133. The quantitative estimate of drug-likeness (QED) is 0.749. The molecule has 0 saturated carbocycles. The maximum Gasteiger partial charge on any atom is 0.150 e. The van der Waals surface area contributed by atoms with Gasteiger partial charge in [-0.25, -0.2) is 0 Å². The van der Waals surface area contributed by atoms with Gasteiger partial charge in [0, 0.05) is 11.1 Å². The summed E-state index contributed by atoms with van der Waals surface area (Å²) in [6, 6.07) is 13.6. The minimum absolute atomic E-state index is 0.624. The van der Waals surface area contributed by atoms with Crippen LogP contribution in [0.1, 0.15) is 15.9 Å². The first-order valence-corrected chi connectivity index (χ1v) is 5.45. The highest BCUT2D eigenvalue weighted by Crippen LogP contribution is 2.32. The summed E-state index contributed by atoms with van der Waals surface area (Å²) in [4.78, 5) is 10.7. The van der Waals surface area contributed by atoms with Crippen LogP contribution in [0.15, 0.2) is 42.5 Å². The predicted octanol–water partition coefficient (Wildman–Crippen LogP) is 3.48. The second kappa shape index (κ2) is 4.83. The maximum atomic E-state index is 10.7. The van der Waals surface area contributed by atoms with Crippen molar-refractivity contribution < 1.29 is 9.53 Å². The van der Waals surface area contributed by atoms with Crippen molar-refractivity contribution >= 4 is 6.29 Å². The van der Waals surface area contributed by atoms with Crippen LogP contribution in [-0.4, -0.2) is 13.4 Å². The first kappa shape index (κ1) is 11.4. The fourth-order valence-corrected chi connectivity index (χ4v) is 1.88. The summed E-state index contributed by atoms with van der Waals surface area (Å²) in [5.74, 6) is 0.726. The standard InChI is InChI=1S/C15H14O2/c1-11-5-3-4-6-13(11)14-8-7-12(10-16)9-15(14)17-2/h3-10H,1-2H3. The van der Waals surface area contributed by atoms with Gasteiger partial charge in [0.1, 0.15) is 12.0 Å². The average Bonchev–Trinajstić information content (AvgIpc) is 2.38. The molecule has 0 spiro atoms. The van der Waals surface area contributed by atoms with Crippen LogP contribution in [0, 0.1) is 6.92 Å². The van der Waals surface area contributed by atoms with Crippen molar-refractivity contribution in [3.63, 3.8) is 0 Å². The molecule has 0 atom stereocenters. The van der Waals surface area contributed by atoms with E-state index in [4.69, 9.17) is 4.74 Å². The molecule has 86 valence electrons. The molecule has 0 aliphatic heterocycles. The van der Waals surface area contributed by atoms with Crippen molar-refractivity contribution in [1.29, 1.82) is 0 Å². The van der Waals surface area contributed by atoms with E-state index in [0.29, 0.717) is 5.56 Å². The highest BCUT2D eigenvalue weighted by atomic mass is 16.5. The lowest BCUT2D eigenvalue weighted by Crippen LogP contribution is -1.91. The first-order valence-electron chi connectivity index (χ1n) is 5.45. The zero-order chi connectivity index (χ0) is 12.3. The van der Waals surface area contributed by atoms with Crippen LogP contribution >= 0.6 is 0 Å². The molecule has 0 aromatic heterocycles. The molecule has 2 aromatic rings. The molecule has 0 heterocycles. The van der Waals surface area contributed by atoms with E-state index < -0.39 is 0 Å². The first-order chi connectivity index (χ1) is 8.26. The second-order valence-electron chi connectivity index (χ2n) is 3.89. The van der Waals surface area contributed by atoms with Crippen LogP contribution in [-0.2, 0) is 0 Å². The van der Waals surface area contributed by atoms with Gasteiger partial charge < -0.3 is 4.74 Å². The Morgan fingerprint density at radius 2 is 1.82 bits per heavy atom. The summed E-state index contributed by atoms with van der Waals surface area (Å²) in [7, 11) is 1.62. The van der Waals surface area contributed by atoms with Crippen LogP contribution in [0.2, 0.25) is 0 Å². The molecule has 0 amide bonds. The van der Waals surface area contributed by atoms with E-state index in [-0.39, 0.29) is 0 Å². The molecular formula is C15H14O2. The van der Waals surface area contributed by atoms with E-state index in [9.17, 15) is 4.79 Å². The smallest absolute Gasteiger partial charge is 0.150 e. The Balaban J connectivity index is 2.59. The number of carbonyl (C=O) groups is 1. The van der Waals surface area contributed by atoms with Crippen LogP contribution in [0.3, 0.4) is 0 Å². The molecule has 0 fully saturated rings. The van der Waals surface area contributed by atoms with E-state index in [1.165, 1.54) is 5.56 Å². The summed E-state index contributed by atoms with van der Waals surface area (Å²) in [5.41, 5.74) is 3.95.